The molecule has 0 saturated heterocycles. The fraction of sp³-hybridized carbons (Fsp3) is 0. The van der Waals surface area contributed by atoms with Crippen LogP contribution in [0.2, 0.25) is 0 Å². The molecule has 0 heterocycles. The molecule has 0 saturated carbocycles. The molecular weight excluding hydrogens is 164 g/mol. The molecule has 0 unspecified atom stereocenters. The van der Waals surface area contributed by atoms with Gasteiger partial charge in [0.05, 0.1) is 0 Å². The maximum Gasteiger partial charge on any atom is 0.152 e. The van der Waals surface area contributed by atoms with Crippen LogP contribution in [-0.2, 0) is 0 Å². The van der Waals surface area contributed by atoms with Crippen molar-refractivity contribution in [1.29, 1.82) is 5.26 Å². The van der Waals surface area contributed by atoms with Crippen LogP contribution in [0.15, 0.2) is 29.4 Å². The van der Waals surface area contributed by atoms with Gasteiger partial charge < -0.3 is 0 Å². The summed E-state index contributed by atoms with van der Waals surface area (Å²) in [5.41, 5.74) is 9.31. The first kappa shape index (κ1) is 8.67. The van der Waals surface area contributed by atoms with Crippen LogP contribution in [-0.4, -0.2) is 0 Å². The van der Waals surface area contributed by atoms with Crippen LogP contribution < -0.4 is 0 Å². The second kappa shape index (κ2) is 4.46. The van der Waals surface area contributed by atoms with Gasteiger partial charge in [0.15, 0.2) is 6.07 Å². The van der Waals surface area contributed by atoms with Crippen molar-refractivity contribution < 1.29 is 0 Å². The molecule has 0 amide bonds. The molecule has 13 heavy (non-hydrogen) atoms. The second-order valence-electron chi connectivity index (χ2n) is 2.10. The minimum absolute atomic E-state index is 0.493. The average Bonchev–Trinajstić information content (AvgIpc) is 2.16. The van der Waals surface area contributed by atoms with Gasteiger partial charge in [-0.3, -0.25) is 0 Å². The summed E-state index contributed by atoms with van der Waals surface area (Å²) in [6.45, 7) is 0. The molecule has 0 aliphatic rings. The van der Waals surface area contributed by atoms with Crippen molar-refractivity contribution in [2.75, 3.05) is 0 Å². The third-order valence-electron chi connectivity index (χ3n) is 1.27. The maximum absolute atomic E-state index is 8.19. The molecule has 0 aliphatic carbocycles. The monoisotopic (exact) mass is 168 g/mol. The minimum atomic E-state index is 0.493. The Hall–Kier alpha value is -2.42. The third kappa shape index (κ3) is 2.59. The zero-order valence-electron chi connectivity index (χ0n) is 6.60. The normalized spacial score (nSPS) is 7.31. The van der Waals surface area contributed by atoms with Crippen LogP contribution in [0.5, 0.6) is 0 Å². The van der Waals surface area contributed by atoms with Gasteiger partial charge in [-0.2, -0.15) is 5.26 Å². The van der Waals surface area contributed by atoms with Crippen molar-refractivity contribution in [2.45, 2.75) is 0 Å². The molecular formula is C9H4N4. The lowest BCUT2D eigenvalue weighted by molar-refractivity contribution is 1.46. The molecule has 4 heteroatoms. The van der Waals surface area contributed by atoms with Gasteiger partial charge in [0.25, 0.3) is 0 Å². The van der Waals surface area contributed by atoms with Crippen LogP contribution in [0.25, 0.3) is 10.4 Å². The summed E-state index contributed by atoms with van der Waals surface area (Å²) in [5, 5.41) is 11.6. The smallest absolute Gasteiger partial charge is 0.152 e. The molecule has 60 valence electrons. The largest absolute Gasteiger partial charge is 0.183 e. The first-order valence-electron chi connectivity index (χ1n) is 3.42. The quantitative estimate of drug-likeness (QED) is 0.275. The Balaban J connectivity index is 3.06. The second-order valence-corrected chi connectivity index (χ2v) is 2.10. The van der Waals surface area contributed by atoms with E-state index >= 15 is 0 Å². The van der Waals surface area contributed by atoms with Crippen molar-refractivity contribution in [3.05, 3.63) is 40.3 Å². The Kier molecular flexibility index (Phi) is 2.97. The molecule has 0 spiro atoms. The number of azide groups is 1. The Bertz CT molecular complexity index is 452. The predicted molar refractivity (Wildman–Crippen MR) is 47.7 cm³/mol. The molecule has 0 bridgehead atoms. The van der Waals surface area contributed by atoms with Gasteiger partial charge in [-0.05, 0) is 17.7 Å². The first-order chi connectivity index (χ1) is 6.36. The Labute approximate surface area is 75.1 Å². The molecule has 0 aliphatic heterocycles. The number of hydrogen-bond donors (Lipinski definition) is 0. The Morgan fingerprint density at radius 2 is 2.31 bits per heavy atom. The summed E-state index contributed by atoms with van der Waals surface area (Å²) < 4.78 is 0. The van der Waals surface area contributed by atoms with Gasteiger partial charge in [-0.1, -0.05) is 23.2 Å². The standard InChI is InChI=1S/C9H4N4/c10-6-2-4-8-3-1-5-9(7-8)12-13-11/h1,3,5,7H. The predicted octanol–water partition coefficient (Wildman–Crippen LogP) is 2.50. The number of nitriles is 1. The fourth-order valence-corrected chi connectivity index (χ4v) is 0.798. The van der Waals surface area contributed by atoms with E-state index in [-0.39, 0.29) is 0 Å². The summed E-state index contributed by atoms with van der Waals surface area (Å²) in [6, 6.07) is 8.43. The van der Waals surface area contributed by atoms with E-state index in [0.717, 1.165) is 0 Å². The summed E-state index contributed by atoms with van der Waals surface area (Å²) in [7, 11) is 0. The first-order valence-corrected chi connectivity index (χ1v) is 3.42. The molecule has 0 fully saturated rings. The van der Waals surface area contributed by atoms with E-state index in [0.29, 0.717) is 11.3 Å². The van der Waals surface area contributed by atoms with Crippen molar-refractivity contribution in [1.82, 2.24) is 0 Å². The van der Waals surface area contributed by atoms with E-state index in [2.05, 4.69) is 21.9 Å². The highest BCUT2D eigenvalue weighted by molar-refractivity contribution is 5.47. The van der Waals surface area contributed by atoms with Crippen LogP contribution in [0.3, 0.4) is 0 Å². The number of benzene rings is 1. The zero-order valence-corrected chi connectivity index (χ0v) is 6.60. The summed E-state index contributed by atoms with van der Waals surface area (Å²) in [6.07, 6.45) is 0. The summed E-state index contributed by atoms with van der Waals surface area (Å²) in [5.74, 6) is 4.85. The van der Waals surface area contributed by atoms with Crippen LogP contribution >= 0.6 is 0 Å². The zero-order chi connectivity index (χ0) is 9.52. The van der Waals surface area contributed by atoms with E-state index in [1.165, 1.54) is 0 Å². The van der Waals surface area contributed by atoms with Gasteiger partial charge in [0.1, 0.15) is 0 Å². The van der Waals surface area contributed by atoms with E-state index in [4.69, 9.17) is 10.8 Å². The lowest BCUT2D eigenvalue weighted by atomic mass is 10.2. The molecule has 1 rings (SSSR count). The molecule has 0 N–H and O–H groups in total. The van der Waals surface area contributed by atoms with Crippen LogP contribution in [0.1, 0.15) is 5.56 Å². The highest BCUT2D eigenvalue weighted by Gasteiger charge is 1.88. The van der Waals surface area contributed by atoms with Gasteiger partial charge in [0, 0.05) is 22.1 Å². The topological polar surface area (TPSA) is 72.5 Å². The van der Waals surface area contributed by atoms with E-state index < -0.39 is 0 Å². The number of nitrogens with zero attached hydrogens (tertiary/aromatic N) is 4. The SMILES string of the molecule is N#CC#Cc1cccc(N=[N+]=[N-])c1. The molecule has 1 aromatic carbocycles. The number of hydrogen-bond acceptors (Lipinski definition) is 2. The average molecular weight is 168 g/mol. The Morgan fingerprint density at radius 1 is 1.46 bits per heavy atom. The Morgan fingerprint density at radius 3 is 3.00 bits per heavy atom. The van der Waals surface area contributed by atoms with E-state index in [9.17, 15) is 0 Å². The molecule has 1 aromatic rings. The van der Waals surface area contributed by atoms with Crippen molar-refractivity contribution in [3.8, 4) is 17.9 Å². The van der Waals surface area contributed by atoms with Crippen molar-refractivity contribution in [3.63, 3.8) is 0 Å². The molecule has 0 radical (unpaired) electrons. The summed E-state index contributed by atoms with van der Waals surface area (Å²) in [4.78, 5) is 2.64. The fourth-order valence-electron chi connectivity index (χ4n) is 0.798. The van der Waals surface area contributed by atoms with Gasteiger partial charge in [-0.25, -0.2) is 0 Å². The van der Waals surface area contributed by atoms with Crippen molar-refractivity contribution in [2.24, 2.45) is 5.11 Å². The molecule has 0 atom stereocenters. The molecule has 0 aromatic heterocycles. The third-order valence-corrected chi connectivity index (χ3v) is 1.27. The lowest BCUT2D eigenvalue weighted by Gasteiger charge is -1.90. The van der Waals surface area contributed by atoms with Crippen LogP contribution in [0, 0.1) is 23.2 Å². The summed E-state index contributed by atoms with van der Waals surface area (Å²) >= 11 is 0. The number of rotatable bonds is 1. The van der Waals surface area contributed by atoms with Gasteiger partial charge >= 0.3 is 0 Å². The highest BCUT2D eigenvalue weighted by Crippen LogP contribution is 2.13. The highest BCUT2D eigenvalue weighted by atomic mass is 15.1. The van der Waals surface area contributed by atoms with E-state index in [1.807, 2.05) is 0 Å². The van der Waals surface area contributed by atoms with Gasteiger partial charge in [0.2, 0.25) is 0 Å². The molecule has 4 nitrogen and oxygen atoms in total. The van der Waals surface area contributed by atoms with Crippen LogP contribution in [0.4, 0.5) is 5.69 Å². The van der Waals surface area contributed by atoms with Gasteiger partial charge in [-0.15, -0.1) is 0 Å². The van der Waals surface area contributed by atoms with E-state index in [1.54, 1.807) is 30.3 Å². The van der Waals surface area contributed by atoms with Crippen molar-refractivity contribution >= 4 is 5.69 Å². The maximum atomic E-state index is 8.19. The lowest BCUT2D eigenvalue weighted by Crippen LogP contribution is -1.71. The minimum Gasteiger partial charge on any atom is -0.183 e.